The van der Waals surface area contributed by atoms with Crippen LogP contribution in [0.25, 0.3) is 10.9 Å². The maximum Gasteiger partial charge on any atom is 0.321 e. The van der Waals surface area contributed by atoms with Crippen LogP contribution in [0.15, 0.2) is 29.1 Å². The number of imide groups is 1. The van der Waals surface area contributed by atoms with Gasteiger partial charge in [-0.05, 0) is 32.0 Å². The van der Waals surface area contributed by atoms with E-state index in [-0.39, 0.29) is 18.1 Å². The lowest BCUT2D eigenvalue weighted by molar-refractivity contribution is -0.121. The minimum absolute atomic E-state index is 0.00282. The van der Waals surface area contributed by atoms with Crippen molar-refractivity contribution < 1.29 is 9.59 Å². The second-order valence-corrected chi connectivity index (χ2v) is 6.16. The minimum atomic E-state index is -0.502. The minimum Gasteiger partial charge on any atom is -0.335 e. The van der Waals surface area contributed by atoms with Crippen molar-refractivity contribution in [2.75, 3.05) is 13.1 Å². The van der Waals surface area contributed by atoms with Crippen LogP contribution < -0.4 is 16.2 Å². The van der Waals surface area contributed by atoms with E-state index in [1.165, 1.54) is 0 Å². The first-order valence-corrected chi connectivity index (χ1v) is 8.73. The third-order valence-corrected chi connectivity index (χ3v) is 4.09. The summed E-state index contributed by atoms with van der Waals surface area (Å²) in [6.45, 7) is 6.60. The number of nitrogens with zero attached hydrogens (tertiary/aromatic N) is 2. The zero-order chi connectivity index (χ0) is 19.1. The van der Waals surface area contributed by atoms with E-state index in [1.807, 2.05) is 26.8 Å². The van der Waals surface area contributed by atoms with Crippen LogP contribution in [-0.4, -0.2) is 45.9 Å². The Morgan fingerprint density at radius 3 is 2.69 bits per heavy atom. The highest BCUT2D eigenvalue weighted by Crippen LogP contribution is 2.07. The highest BCUT2D eigenvalue weighted by molar-refractivity contribution is 5.95. The van der Waals surface area contributed by atoms with E-state index in [0.717, 1.165) is 6.42 Å². The molecule has 0 saturated heterocycles. The van der Waals surface area contributed by atoms with Gasteiger partial charge in [-0.1, -0.05) is 26.0 Å². The van der Waals surface area contributed by atoms with Crippen molar-refractivity contribution >= 4 is 22.8 Å². The highest BCUT2D eigenvalue weighted by Gasteiger charge is 2.15. The fourth-order valence-corrected chi connectivity index (χ4v) is 2.43. The lowest BCUT2D eigenvalue weighted by atomic mass is 10.2. The Hall–Kier alpha value is -2.74. The Labute approximate surface area is 152 Å². The molecule has 0 unspecified atom stereocenters. The molecule has 3 amide bonds. The van der Waals surface area contributed by atoms with Gasteiger partial charge in [-0.2, -0.15) is 0 Å². The number of carbonyl (C=O) groups is 2. The molecule has 1 aromatic heterocycles. The lowest BCUT2D eigenvalue weighted by Gasteiger charge is -2.19. The van der Waals surface area contributed by atoms with Crippen LogP contribution in [0.1, 0.15) is 33.0 Å². The Bertz CT molecular complexity index is 833. The number of para-hydroxylation sites is 1. The number of aromatic nitrogens is 2. The van der Waals surface area contributed by atoms with Crippen LogP contribution in [-0.2, 0) is 11.3 Å². The summed E-state index contributed by atoms with van der Waals surface area (Å²) in [5.74, 6) is 0.0724. The molecular weight excluding hydrogens is 334 g/mol. The molecule has 26 heavy (non-hydrogen) atoms. The van der Waals surface area contributed by atoms with E-state index >= 15 is 0 Å². The first kappa shape index (κ1) is 19.6. The molecule has 8 heteroatoms. The summed E-state index contributed by atoms with van der Waals surface area (Å²) in [4.78, 5) is 44.9. The van der Waals surface area contributed by atoms with Gasteiger partial charge in [0.15, 0.2) is 0 Å². The number of hydrogen-bond acceptors (Lipinski definition) is 5. The Morgan fingerprint density at radius 1 is 1.27 bits per heavy atom. The number of aromatic amines is 1. The molecule has 0 spiro atoms. The van der Waals surface area contributed by atoms with Gasteiger partial charge in [0.2, 0.25) is 5.91 Å². The smallest absolute Gasteiger partial charge is 0.321 e. The first-order valence-electron chi connectivity index (χ1n) is 8.73. The molecule has 3 N–H and O–H groups in total. The van der Waals surface area contributed by atoms with Gasteiger partial charge in [-0.15, -0.1) is 0 Å². The Balaban J connectivity index is 2.00. The fourth-order valence-electron chi connectivity index (χ4n) is 2.43. The van der Waals surface area contributed by atoms with Crippen LogP contribution in [0.4, 0.5) is 4.79 Å². The van der Waals surface area contributed by atoms with Crippen molar-refractivity contribution in [3.8, 4) is 0 Å². The SMILES string of the molecule is CC[C@H](C)NC(=O)NC(=O)CN(CC)Cc1nc2ccccc2c(=O)[nH]1. The molecule has 140 valence electrons. The maximum atomic E-state index is 12.1. The predicted octanol–water partition coefficient (Wildman–Crippen LogP) is 1.37. The van der Waals surface area contributed by atoms with Gasteiger partial charge in [0.25, 0.3) is 5.56 Å². The van der Waals surface area contributed by atoms with Crippen LogP contribution in [0, 0.1) is 0 Å². The third-order valence-electron chi connectivity index (χ3n) is 4.09. The van der Waals surface area contributed by atoms with Gasteiger partial charge < -0.3 is 10.3 Å². The second-order valence-electron chi connectivity index (χ2n) is 6.16. The third kappa shape index (κ3) is 5.38. The molecule has 1 aromatic carbocycles. The van der Waals surface area contributed by atoms with Crippen molar-refractivity contribution in [2.45, 2.75) is 39.8 Å². The molecule has 0 bridgehead atoms. The van der Waals surface area contributed by atoms with E-state index in [1.54, 1.807) is 23.1 Å². The summed E-state index contributed by atoms with van der Waals surface area (Å²) >= 11 is 0. The van der Waals surface area contributed by atoms with Gasteiger partial charge in [0, 0.05) is 6.04 Å². The van der Waals surface area contributed by atoms with E-state index in [0.29, 0.717) is 29.8 Å². The molecule has 0 fully saturated rings. The van der Waals surface area contributed by atoms with Crippen LogP contribution >= 0.6 is 0 Å². The summed E-state index contributed by atoms with van der Waals surface area (Å²) in [5, 5.41) is 5.52. The van der Waals surface area contributed by atoms with Crippen LogP contribution in [0.5, 0.6) is 0 Å². The average molecular weight is 359 g/mol. The molecule has 0 aliphatic rings. The van der Waals surface area contributed by atoms with Crippen molar-refractivity contribution in [1.82, 2.24) is 25.5 Å². The van der Waals surface area contributed by atoms with Crippen molar-refractivity contribution in [3.05, 3.63) is 40.4 Å². The summed E-state index contributed by atoms with van der Waals surface area (Å²) in [7, 11) is 0. The number of benzene rings is 1. The number of likely N-dealkylation sites (N-methyl/N-ethyl adjacent to an activating group) is 1. The van der Waals surface area contributed by atoms with E-state index in [2.05, 4.69) is 20.6 Å². The number of amides is 3. The van der Waals surface area contributed by atoms with Gasteiger partial charge >= 0.3 is 6.03 Å². The number of H-pyrrole nitrogens is 1. The molecule has 0 radical (unpaired) electrons. The summed E-state index contributed by atoms with van der Waals surface area (Å²) in [5.41, 5.74) is 0.402. The number of hydrogen-bond donors (Lipinski definition) is 3. The number of nitrogens with one attached hydrogen (secondary N) is 3. The molecular formula is C18H25N5O3. The second kappa shape index (κ2) is 9.10. The predicted molar refractivity (Wildman–Crippen MR) is 99.7 cm³/mol. The van der Waals surface area contributed by atoms with E-state index < -0.39 is 11.9 Å². The summed E-state index contributed by atoms with van der Waals surface area (Å²) in [6.07, 6.45) is 0.781. The maximum absolute atomic E-state index is 12.1. The molecule has 2 aromatic rings. The summed E-state index contributed by atoms with van der Waals surface area (Å²) in [6, 6.07) is 6.59. The van der Waals surface area contributed by atoms with Crippen LogP contribution in [0.2, 0.25) is 0 Å². The fraction of sp³-hybridized carbons (Fsp3) is 0.444. The van der Waals surface area contributed by atoms with Gasteiger partial charge in [-0.25, -0.2) is 9.78 Å². The average Bonchev–Trinajstić information content (AvgIpc) is 2.60. The normalized spacial score (nSPS) is 12.2. The van der Waals surface area contributed by atoms with E-state index in [9.17, 15) is 14.4 Å². The zero-order valence-electron chi connectivity index (χ0n) is 15.3. The molecule has 1 heterocycles. The number of urea groups is 1. The Morgan fingerprint density at radius 2 is 2.00 bits per heavy atom. The quantitative estimate of drug-likeness (QED) is 0.692. The first-order chi connectivity index (χ1) is 12.4. The number of rotatable bonds is 7. The zero-order valence-corrected chi connectivity index (χ0v) is 15.3. The molecule has 0 saturated carbocycles. The molecule has 2 rings (SSSR count). The monoisotopic (exact) mass is 359 g/mol. The topological polar surface area (TPSA) is 107 Å². The van der Waals surface area contributed by atoms with Crippen LogP contribution in [0.3, 0.4) is 0 Å². The van der Waals surface area contributed by atoms with Gasteiger partial charge in [0.1, 0.15) is 5.82 Å². The largest absolute Gasteiger partial charge is 0.335 e. The van der Waals surface area contributed by atoms with Crippen molar-refractivity contribution in [3.63, 3.8) is 0 Å². The lowest BCUT2D eigenvalue weighted by Crippen LogP contribution is -2.46. The Kier molecular flexibility index (Phi) is 6.85. The molecule has 8 nitrogen and oxygen atoms in total. The summed E-state index contributed by atoms with van der Waals surface area (Å²) < 4.78 is 0. The van der Waals surface area contributed by atoms with Crippen molar-refractivity contribution in [2.24, 2.45) is 0 Å². The molecule has 0 aliphatic carbocycles. The molecule has 1 atom stereocenters. The molecule has 0 aliphatic heterocycles. The van der Waals surface area contributed by atoms with Gasteiger partial charge in [0.05, 0.1) is 24.0 Å². The standard InChI is InChI=1S/C18H25N5O3/c1-4-12(3)19-18(26)22-16(24)11-23(5-2)10-15-20-14-9-7-6-8-13(14)17(25)21-15/h6-9,12H,4-5,10-11H2,1-3H3,(H,20,21,25)(H2,19,22,24,26)/t12-/m0/s1. The van der Waals surface area contributed by atoms with Gasteiger partial charge in [-0.3, -0.25) is 19.8 Å². The van der Waals surface area contributed by atoms with Crippen molar-refractivity contribution in [1.29, 1.82) is 0 Å². The number of fused-ring (bicyclic) bond motifs is 1. The number of carbonyl (C=O) groups excluding carboxylic acids is 2. The highest BCUT2D eigenvalue weighted by atomic mass is 16.2. The van der Waals surface area contributed by atoms with E-state index in [4.69, 9.17) is 0 Å².